The molecule has 160 valence electrons. The lowest BCUT2D eigenvalue weighted by Crippen LogP contribution is -2.24. The molecular weight excluding hydrogens is 447 g/mol. The third-order valence-electron chi connectivity index (χ3n) is 3.69. The van der Waals surface area contributed by atoms with Crippen LogP contribution in [-0.2, 0) is 16.8 Å². The molecule has 3 aromatic rings. The Bertz CT molecular complexity index is 1220. The van der Waals surface area contributed by atoms with Crippen LogP contribution in [0.5, 0.6) is 5.88 Å². The van der Waals surface area contributed by atoms with E-state index < -0.39 is 27.3 Å². The van der Waals surface area contributed by atoms with Crippen molar-refractivity contribution in [3.63, 3.8) is 0 Å². The zero-order valence-electron chi connectivity index (χ0n) is 14.9. The second kappa shape index (κ2) is 8.04. The molecule has 0 atom stereocenters. The third kappa shape index (κ3) is 5.55. The molecule has 0 saturated carbocycles. The number of hydrogen-bond donors (Lipinski definition) is 3. The fourth-order valence-electron chi connectivity index (χ4n) is 2.60. The van der Waals surface area contributed by atoms with Gasteiger partial charge in [0.25, 0.3) is 10.2 Å². The van der Waals surface area contributed by atoms with Gasteiger partial charge in [-0.2, -0.15) is 21.6 Å². The van der Waals surface area contributed by atoms with Crippen LogP contribution in [0.1, 0.15) is 5.56 Å². The molecule has 0 aliphatic heterocycles. The Morgan fingerprint density at radius 2 is 1.87 bits per heavy atom. The van der Waals surface area contributed by atoms with Gasteiger partial charge in [0.1, 0.15) is 5.82 Å². The van der Waals surface area contributed by atoms with Gasteiger partial charge in [-0.1, -0.05) is 0 Å². The number of alkyl halides is 3. The quantitative estimate of drug-likeness (QED) is 0.481. The molecule has 14 heteroatoms. The SMILES string of the molecule is NS(=O)(=O)Nc1cc(Cn2cc(O)n(-c3ccc(SC(F)(F)F)cc3)c2=O)ccn1. The summed E-state index contributed by atoms with van der Waals surface area (Å²) in [6.45, 7) is -0.0385. The molecular formula is C16H14F3N5O4S2. The smallest absolute Gasteiger partial charge is 0.446 e. The Balaban J connectivity index is 1.86. The normalized spacial score (nSPS) is 12.1. The Labute approximate surface area is 172 Å². The molecule has 9 nitrogen and oxygen atoms in total. The number of pyridine rings is 1. The zero-order valence-corrected chi connectivity index (χ0v) is 16.5. The Hall–Kier alpha value is -2.97. The Kier molecular flexibility index (Phi) is 5.83. The van der Waals surface area contributed by atoms with Crippen molar-refractivity contribution in [1.29, 1.82) is 0 Å². The first-order valence-electron chi connectivity index (χ1n) is 8.04. The molecule has 0 bridgehead atoms. The van der Waals surface area contributed by atoms with Gasteiger partial charge in [-0.25, -0.2) is 19.5 Å². The van der Waals surface area contributed by atoms with Gasteiger partial charge in [-0.15, -0.1) is 0 Å². The molecule has 0 radical (unpaired) electrons. The first-order chi connectivity index (χ1) is 13.9. The summed E-state index contributed by atoms with van der Waals surface area (Å²) in [4.78, 5) is 16.4. The number of anilines is 1. The summed E-state index contributed by atoms with van der Waals surface area (Å²) in [5.74, 6) is -0.474. The lowest BCUT2D eigenvalue weighted by molar-refractivity contribution is -0.0328. The summed E-state index contributed by atoms with van der Waals surface area (Å²) >= 11 is -0.293. The third-order valence-corrected chi connectivity index (χ3v) is 4.92. The molecule has 0 fully saturated rings. The molecule has 0 aliphatic rings. The fourth-order valence-corrected chi connectivity index (χ4v) is 3.55. The van der Waals surface area contributed by atoms with Gasteiger partial charge >= 0.3 is 11.2 Å². The number of halogens is 3. The van der Waals surface area contributed by atoms with Crippen molar-refractivity contribution in [1.82, 2.24) is 14.1 Å². The lowest BCUT2D eigenvalue weighted by Gasteiger charge is -2.07. The molecule has 3 rings (SSSR count). The van der Waals surface area contributed by atoms with Crippen molar-refractivity contribution in [2.24, 2.45) is 5.14 Å². The topological polar surface area (TPSA) is 132 Å². The minimum atomic E-state index is -4.44. The molecule has 0 amide bonds. The highest BCUT2D eigenvalue weighted by Gasteiger charge is 2.29. The van der Waals surface area contributed by atoms with E-state index in [1.165, 1.54) is 42.6 Å². The minimum absolute atomic E-state index is 0.0385. The molecule has 0 saturated heterocycles. The van der Waals surface area contributed by atoms with Gasteiger partial charge in [0.15, 0.2) is 0 Å². The average molecular weight is 461 g/mol. The maximum absolute atomic E-state index is 12.7. The van der Waals surface area contributed by atoms with Crippen LogP contribution in [0.4, 0.5) is 19.0 Å². The highest BCUT2D eigenvalue weighted by atomic mass is 32.2. The number of nitrogens with one attached hydrogen (secondary N) is 1. The molecule has 2 aromatic heterocycles. The highest BCUT2D eigenvalue weighted by molar-refractivity contribution is 8.00. The second-order valence-corrected chi connectivity index (χ2v) is 8.40. The molecule has 1 aromatic carbocycles. The molecule has 0 spiro atoms. The van der Waals surface area contributed by atoms with Crippen LogP contribution in [0.3, 0.4) is 0 Å². The Morgan fingerprint density at radius 1 is 1.20 bits per heavy atom. The number of nitrogens with two attached hydrogens (primary N) is 1. The number of imidazole rings is 1. The second-order valence-electron chi connectivity index (χ2n) is 5.97. The van der Waals surface area contributed by atoms with E-state index in [4.69, 9.17) is 5.14 Å². The van der Waals surface area contributed by atoms with E-state index in [-0.39, 0.29) is 34.7 Å². The van der Waals surface area contributed by atoms with Crippen molar-refractivity contribution in [2.75, 3.05) is 4.72 Å². The van der Waals surface area contributed by atoms with Crippen LogP contribution in [0.25, 0.3) is 5.69 Å². The van der Waals surface area contributed by atoms with Gasteiger partial charge in [0, 0.05) is 11.1 Å². The van der Waals surface area contributed by atoms with Gasteiger partial charge in [-0.3, -0.25) is 9.29 Å². The van der Waals surface area contributed by atoms with Crippen LogP contribution in [0.15, 0.2) is 58.5 Å². The molecule has 4 N–H and O–H groups in total. The monoisotopic (exact) mass is 461 g/mol. The Morgan fingerprint density at radius 3 is 2.47 bits per heavy atom. The van der Waals surface area contributed by atoms with E-state index in [1.807, 2.05) is 4.72 Å². The first-order valence-corrected chi connectivity index (χ1v) is 10.4. The summed E-state index contributed by atoms with van der Waals surface area (Å²) < 4.78 is 63.6. The van der Waals surface area contributed by atoms with E-state index in [9.17, 15) is 31.5 Å². The van der Waals surface area contributed by atoms with Crippen LogP contribution in [0.2, 0.25) is 0 Å². The van der Waals surface area contributed by atoms with Gasteiger partial charge in [0.2, 0.25) is 5.88 Å². The van der Waals surface area contributed by atoms with Crippen molar-refractivity contribution in [2.45, 2.75) is 16.9 Å². The number of rotatable bonds is 6. The van der Waals surface area contributed by atoms with Crippen LogP contribution < -0.4 is 15.6 Å². The standard InChI is InChI=1S/C16H14F3N5O4S2/c17-16(18,19)29-12-3-1-11(2-4-12)24-14(25)9-23(15(24)26)8-10-5-6-21-13(7-10)22-30(20,27)28/h1-7,9,25H,8H2,(H,21,22)(H2,20,27,28). The molecule has 2 heterocycles. The number of hydrogen-bond acceptors (Lipinski definition) is 6. The van der Waals surface area contributed by atoms with E-state index in [0.29, 0.717) is 5.56 Å². The maximum Gasteiger partial charge on any atom is 0.446 e. The highest BCUT2D eigenvalue weighted by Crippen LogP contribution is 2.37. The van der Waals surface area contributed by atoms with Crippen LogP contribution in [0, 0.1) is 0 Å². The van der Waals surface area contributed by atoms with Crippen LogP contribution >= 0.6 is 11.8 Å². The molecule has 30 heavy (non-hydrogen) atoms. The summed E-state index contributed by atoms with van der Waals surface area (Å²) in [6.07, 6.45) is 2.45. The van der Waals surface area contributed by atoms with Gasteiger partial charge in [-0.05, 0) is 53.7 Å². The molecule has 0 aliphatic carbocycles. The van der Waals surface area contributed by atoms with Crippen molar-refractivity contribution in [3.05, 3.63) is 64.8 Å². The van der Waals surface area contributed by atoms with E-state index in [0.717, 1.165) is 15.3 Å². The number of aromatic hydroxyl groups is 1. The van der Waals surface area contributed by atoms with E-state index in [1.54, 1.807) is 0 Å². The molecule has 0 unspecified atom stereocenters. The van der Waals surface area contributed by atoms with E-state index >= 15 is 0 Å². The lowest BCUT2D eigenvalue weighted by atomic mass is 10.2. The largest absolute Gasteiger partial charge is 0.493 e. The number of thioether (sulfide) groups is 1. The number of benzene rings is 1. The summed E-state index contributed by atoms with van der Waals surface area (Å²) in [7, 11) is -4.03. The van der Waals surface area contributed by atoms with Gasteiger partial charge in [0.05, 0.1) is 18.4 Å². The summed E-state index contributed by atoms with van der Waals surface area (Å²) in [5, 5.41) is 15.0. The maximum atomic E-state index is 12.7. The fraction of sp³-hybridized carbons (Fsp3) is 0.125. The van der Waals surface area contributed by atoms with Gasteiger partial charge < -0.3 is 5.11 Å². The predicted molar refractivity (Wildman–Crippen MR) is 104 cm³/mol. The minimum Gasteiger partial charge on any atom is -0.493 e. The summed E-state index contributed by atoms with van der Waals surface area (Å²) in [6, 6.07) is 7.81. The van der Waals surface area contributed by atoms with Crippen LogP contribution in [-0.4, -0.2) is 33.2 Å². The first kappa shape index (κ1) is 21.7. The number of nitrogens with zero attached hydrogens (tertiary/aromatic N) is 3. The number of aromatic nitrogens is 3. The van der Waals surface area contributed by atoms with Crippen molar-refractivity contribution < 1.29 is 26.7 Å². The van der Waals surface area contributed by atoms with E-state index in [2.05, 4.69) is 4.98 Å². The van der Waals surface area contributed by atoms with Crippen molar-refractivity contribution in [3.8, 4) is 11.6 Å². The summed E-state index contributed by atoms with van der Waals surface area (Å²) in [5.41, 5.74) is -4.44. The zero-order chi connectivity index (χ0) is 22.1. The average Bonchev–Trinajstić information content (AvgIpc) is 2.87. The van der Waals surface area contributed by atoms with Crippen molar-refractivity contribution >= 4 is 27.8 Å². The predicted octanol–water partition coefficient (Wildman–Crippen LogP) is 2.02.